The molecular weight excluding hydrogens is 355 g/mol. The Kier molecular flexibility index (Phi) is 6.77. The minimum Gasteiger partial charge on any atom is -0.376 e. The van der Waals surface area contributed by atoms with E-state index in [4.69, 9.17) is 17.0 Å². The van der Waals surface area contributed by atoms with Crippen LogP contribution in [-0.4, -0.2) is 30.3 Å². The van der Waals surface area contributed by atoms with Crippen molar-refractivity contribution in [2.75, 3.05) is 13.2 Å². The lowest BCUT2D eigenvalue weighted by Gasteiger charge is -2.13. The van der Waals surface area contributed by atoms with E-state index in [0.717, 1.165) is 37.7 Å². The fourth-order valence-corrected chi connectivity index (χ4v) is 2.34. The second-order valence-electron chi connectivity index (χ2n) is 5.42. The van der Waals surface area contributed by atoms with Crippen LogP contribution < -0.4 is 16.2 Å². The summed E-state index contributed by atoms with van der Waals surface area (Å²) < 4.78 is 43.3. The predicted molar refractivity (Wildman–Crippen MR) is 91.3 cm³/mol. The highest BCUT2D eigenvalue weighted by Gasteiger charge is 2.30. The van der Waals surface area contributed by atoms with Crippen LogP contribution >= 0.6 is 12.2 Å². The van der Waals surface area contributed by atoms with E-state index in [9.17, 15) is 18.0 Å². The number of alkyl halides is 3. The maximum atomic E-state index is 12.6. The first-order valence-electron chi connectivity index (χ1n) is 7.65. The number of carbonyl (C=O) groups excluding carboxylic acids is 1. The number of carbonyl (C=O) groups is 1. The second-order valence-corrected chi connectivity index (χ2v) is 5.82. The Morgan fingerprint density at radius 2 is 2.16 bits per heavy atom. The normalized spacial score (nSPS) is 17.5. The van der Waals surface area contributed by atoms with E-state index in [2.05, 4.69) is 16.2 Å². The molecule has 1 atom stereocenters. The van der Waals surface area contributed by atoms with Crippen LogP contribution in [0.3, 0.4) is 0 Å². The highest BCUT2D eigenvalue weighted by molar-refractivity contribution is 7.80. The van der Waals surface area contributed by atoms with E-state index < -0.39 is 17.6 Å². The molecule has 1 amide bonds. The second kappa shape index (κ2) is 8.82. The van der Waals surface area contributed by atoms with Gasteiger partial charge in [-0.05, 0) is 48.8 Å². The third-order valence-corrected chi connectivity index (χ3v) is 3.70. The van der Waals surface area contributed by atoms with E-state index in [1.54, 1.807) is 0 Å². The van der Waals surface area contributed by atoms with Crippen LogP contribution in [0.25, 0.3) is 6.08 Å². The van der Waals surface area contributed by atoms with Gasteiger partial charge in [-0.3, -0.25) is 15.6 Å². The summed E-state index contributed by atoms with van der Waals surface area (Å²) in [5.74, 6) is -0.543. The maximum Gasteiger partial charge on any atom is 0.416 e. The summed E-state index contributed by atoms with van der Waals surface area (Å²) in [6.07, 6.45) is 0.0661. The molecule has 136 valence electrons. The number of hydrogen-bond donors (Lipinski definition) is 3. The largest absolute Gasteiger partial charge is 0.416 e. The number of thiocarbonyl (C=S) groups is 1. The zero-order valence-corrected chi connectivity index (χ0v) is 14.0. The molecule has 1 aromatic carbocycles. The summed E-state index contributed by atoms with van der Waals surface area (Å²) in [5, 5.41) is 3.14. The Balaban J connectivity index is 1.75. The lowest BCUT2D eigenvalue weighted by Crippen LogP contribution is -2.47. The summed E-state index contributed by atoms with van der Waals surface area (Å²) in [6, 6.07) is 4.69. The molecule has 0 aliphatic carbocycles. The Labute approximate surface area is 148 Å². The highest BCUT2D eigenvalue weighted by Crippen LogP contribution is 2.29. The summed E-state index contributed by atoms with van der Waals surface area (Å²) in [4.78, 5) is 11.7. The first-order valence-corrected chi connectivity index (χ1v) is 8.06. The molecular formula is C16H18F3N3O2S. The van der Waals surface area contributed by atoms with Crippen molar-refractivity contribution in [1.29, 1.82) is 0 Å². The summed E-state index contributed by atoms with van der Waals surface area (Å²) in [7, 11) is 0. The van der Waals surface area contributed by atoms with Crippen LogP contribution in [0.5, 0.6) is 0 Å². The predicted octanol–water partition coefficient (Wildman–Crippen LogP) is 2.39. The monoisotopic (exact) mass is 373 g/mol. The Morgan fingerprint density at radius 1 is 1.36 bits per heavy atom. The highest BCUT2D eigenvalue weighted by atomic mass is 32.1. The topological polar surface area (TPSA) is 62.4 Å². The fourth-order valence-electron chi connectivity index (χ4n) is 2.21. The van der Waals surface area contributed by atoms with E-state index in [1.165, 1.54) is 18.2 Å². The third kappa shape index (κ3) is 6.71. The summed E-state index contributed by atoms with van der Waals surface area (Å²) in [6.45, 7) is 1.28. The number of ether oxygens (including phenoxy) is 1. The van der Waals surface area contributed by atoms with Crippen LogP contribution in [0, 0.1) is 0 Å². The van der Waals surface area contributed by atoms with Crippen molar-refractivity contribution >= 4 is 29.3 Å². The molecule has 5 nitrogen and oxygen atoms in total. The zero-order valence-electron chi connectivity index (χ0n) is 13.2. The lowest BCUT2D eigenvalue weighted by atomic mass is 10.1. The zero-order chi connectivity index (χ0) is 18.3. The molecule has 1 aliphatic heterocycles. The summed E-state index contributed by atoms with van der Waals surface area (Å²) in [5.41, 5.74) is 4.34. The molecule has 1 saturated heterocycles. The van der Waals surface area contributed by atoms with Gasteiger partial charge in [-0.25, -0.2) is 0 Å². The van der Waals surface area contributed by atoms with E-state index in [-0.39, 0.29) is 16.8 Å². The van der Waals surface area contributed by atoms with Gasteiger partial charge in [-0.2, -0.15) is 13.2 Å². The molecule has 9 heteroatoms. The van der Waals surface area contributed by atoms with Crippen LogP contribution in [0.2, 0.25) is 0 Å². The van der Waals surface area contributed by atoms with Crippen molar-refractivity contribution in [3.63, 3.8) is 0 Å². The van der Waals surface area contributed by atoms with Crippen molar-refractivity contribution in [3.8, 4) is 0 Å². The molecule has 0 bridgehead atoms. The molecule has 0 radical (unpaired) electrons. The fraction of sp³-hybridized carbons (Fsp3) is 0.375. The number of nitrogens with one attached hydrogen (secondary N) is 3. The molecule has 1 fully saturated rings. The Hall–Kier alpha value is -2.13. The van der Waals surface area contributed by atoms with Gasteiger partial charge in [0.15, 0.2) is 5.11 Å². The number of amides is 1. The van der Waals surface area contributed by atoms with Crippen LogP contribution in [0.1, 0.15) is 24.0 Å². The SMILES string of the molecule is O=C(/C=C/c1cccc(C(F)(F)F)c1)NNC(=S)NCC1CCCO1. The first kappa shape index (κ1) is 19.2. The van der Waals surface area contributed by atoms with Gasteiger partial charge in [-0.1, -0.05) is 12.1 Å². The molecule has 3 N–H and O–H groups in total. The minimum atomic E-state index is -4.42. The molecule has 0 aromatic heterocycles. The van der Waals surface area contributed by atoms with Gasteiger partial charge in [0.25, 0.3) is 5.91 Å². The quantitative estimate of drug-likeness (QED) is 0.430. The molecule has 2 rings (SSSR count). The standard InChI is InChI=1S/C16H18F3N3O2S/c17-16(18,19)12-4-1-3-11(9-12)6-7-14(23)21-22-15(25)20-10-13-5-2-8-24-13/h1,3-4,6-7,9,13H,2,5,8,10H2,(H,21,23)(H2,20,22,25)/b7-6+. The summed E-state index contributed by atoms with van der Waals surface area (Å²) >= 11 is 5.00. The Bertz CT molecular complexity index is 644. The Morgan fingerprint density at radius 3 is 2.84 bits per heavy atom. The van der Waals surface area contributed by atoms with Crippen LogP contribution in [0.15, 0.2) is 30.3 Å². The maximum absolute atomic E-state index is 12.6. The number of hydrazine groups is 1. The lowest BCUT2D eigenvalue weighted by molar-refractivity contribution is -0.137. The van der Waals surface area contributed by atoms with Crippen molar-refractivity contribution in [2.45, 2.75) is 25.1 Å². The van der Waals surface area contributed by atoms with Crippen molar-refractivity contribution in [3.05, 3.63) is 41.5 Å². The smallest absolute Gasteiger partial charge is 0.376 e. The molecule has 0 spiro atoms. The molecule has 1 aromatic rings. The molecule has 1 heterocycles. The van der Waals surface area contributed by atoms with Gasteiger partial charge in [0, 0.05) is 19.2 Å². The number of hydrogen-bond acceptors (Lipinski definition) is 3. The third-order valence-electron chi connectivity index (χ3n) is 3.45. The number of halogens is 3. The van der Waals surface area contributed by atoms with Crippen LogP contribution in [0.4, 0.5) is 13.2 Å². The van der Waals surface area contributed by atoms with Gasteiger partial charge in [-0.15, -0.1) is 0 Å². The van der Waals surface area contributed by atoms with E-state index in [0.29, 0.717) is 6.54 Å². The van der Waals surface area contributed by atoms with E-state index in [1.807, 2.05) is 0 Å². The van der Waals surface area contributed by atoms with E-state index >= 15 is 0 Å². The van der Waals surface area contributed by atoms with Gasteiger partial charge >= 0.3 is 6.18 Å². The molecule has 25 heavy (non-hydrogen) atoms. The molecule has 0 saturated carbocycles. The van der Waals surface area contributed by atoms with Crippen molar-refractivity contribution < 1.29 is 22.7 Å². The van der Waals surface area contributed by atoms with Gasteiger partial charge in [0.1, 0.15) is 0 Å². The van der Waals surface area contributed by atoms with Gasteiger partial charge in [0.2, 0.25) is 0 Å². The number of benzene rings is 1. The van der Waals surface area contributed by atoms with Crippen LogP contribution in [-0.2, 0) is 15.7 Å². The molecule has 1 aliphatic rings. The first-order chi connectivity index (χ1) is 11.8. The number of rotatable bonds is 4. The van der Waals surface area contributed by atoms with Crippen molar-refractivity contribution in [2.24, 2.45) is 0 Å². The average Bonchev–Trinajstić information content (AvgIpc) is 3.09. The van der Waals surface area contributed by atoms with Gasteiger partial charge < -0.3 is 10.1 Å². The molecule has 1 unspecified atom stereocenters. The van der Waals surface area contributed by atoms with Gasteiger partial charge in [0.05, 0.1) is 11.7 Å². The average molecular weight is 373 g/mol. The van der Waals surface area contributed by atoms with Crippen molar-refractivity contribution in [1.82, 2.24) is 16.2 Å². The minimum absolute atomic E-state index is 0.108.